The largest absolute Gasteiger partial charge is 0.472 e. The van der Waals surface area contributed by atoms with Gasteiger partial charge in [-0.15, -0.1) is 0 Å². The van der Waals surface area contributed by atoms with Gasteiger partial charge in [0.05, 0.1) is 42.7 Å². The first-order chi connectivity index (χ1) is 22.5. The van der Waals surface area contributed by atoms with Crippen molar-refractivity contribution >= 4 is 23.7 Å². The molecule has 13 nitrogen and oxygen atoms in total. The van der Waals surface area contributed by atoms with Crippen molar-refractivity contribution in [2.75, 3.05) is 6.61 Å². The highest BCUT2D eigenvalue weighted by Crippen LogP contribution is 2.82. The lowest BCUT2D eigenvalue weighted by molar-refractivity contribution is -0.391. The number of rotatable bonds is 6. The monoisotopic (exact) mass is 674 g/mol. The minimum absolute atomic E-state index is 0.0276. The Kier molecular flexibility index (Phi) is 7.42. The zero-order chi connectivity index (χ0) is 34.9. The van der Waals surface area contributed by atoms with Crippen molar-refractivity contribution in [2.45, 2.75) is 122 Å². The predicted molar refractivity (Wildman–Crippen MR) is 161 cm³/mol. The summed E-state index contributed by atoms with van der Waals surface area (Å²) in [5.74, 6) is -5.66. The SMILES string of the molecule is CCC(C)C(=O)O[C@@H]1OC[C@@]23[C@H]4C(=O)[C@H](O)[C@@]5(C)[C@H](c6ccoc6)C[C@H]6O[C@]65[C@]4(C)[C@H](O)C[C@H]2[C@]1(C)[C@H](OC(C)=O)[C@H](O)[C@@H]3OC(C)=O. The molecule has 2 bridgehead atoms. The zero-order valence-corrected chi connectivity index (χ0v) is 28.3. The second-order valence-electron chi connectivity index (χ2n) is 15.7. The number of furan rings is 1. The van der Waals surface area contributed by atoms with E-state index in [1.807, 2.05) is 13.8 Å². The minimum atomic E-state index is -1.69. The number of epoxide rings is 1. The Hall–Kier alpha value is -2.84. The van der Waals surface area contributed by atoms with Crippen LogP contribution >= 0.6 is 0 Å². The number of aliphatic hydroxyl groups is 3. The fraction of sp³-hybridized carbons (Fsp3) is 0.771. The van der Waals surface area contributed by atoms with E-state index >= 15 is 4.79 Å². The molecule has 16 atom stereocenters. The number of ether oxygens (including phenoxy) is 5. The van der Waals surface area contributed by atoms with Gasteiger partial charge in [-0.2, -0.15) is 0 Å². The second kappa shape index (κ2) is 10.6. The average Bonchev–Trinajstić information content (AvgIpc) is 3.39. The predicted octanol–water partition coefficient (Wildman–Crippen LogP) is 2.03. The van der Waals surface area contributed by atoms with Crippen LogP contribution in [-0.2, 0) is 42.9 Å². The van der Waals surface area contributed by atoms with Gasteiger partial charge in [-0.3, -0.25) is 19.2 Å². The van der Waals surface area contributed by atoms with Crippen molar-refractivity contribution in [1.82, 2.24) is 0 Å². The van der Waals surface area contributed by atoms with Gasteiger partial charge in [0.15, 0.2) is 5.78 Å². The van der Waals surface area contributed by atoms with E-state index in [1.54, 1.807) is 33.1 Å². The molecule has 264 valence electrons. The molecular weight excluding hydrogens is 628 g/mol. The molecule has 1 spiro atoms. The maximum Gasteiger partial charge on any atom is 0.310 e. The molecule has 3 N–H and O–H groups in total. The first kappa shape index (κ1) is 33.6. The van der Waals surface area contributed by atoms with Crippen LogP contribution in [0.5, 0.6) is 0 Å². The van der Waals surface area contributed by atoms with E-state index in [1.165, 1.54) is 13.2 Å². The van der Waals surface area contributed by atoms with Crippen LogP contribution in [0.2, 0.25) is 0 Å². The maximum absolute atomic E-state index is 15.1. The summed E-state index contributed by atoms with van der Waals surface area (Å²) >= 11 is 0. The van der Waals surface area contributed by atoms with Crippen LogP contribution < -0.4 is 0 Å². The van der Waals surface area contributed by atoms with Crippen LogP contribution in [0.4, 0.5) is 0 Å². The Morgan fingerprint density at radius 1 is 1.00 bits per heavy atom. The number of aliphatic hydroxyl groups excluding tert-OH is 3. The molecule has 48 heavy (non-hydrogen) atoms. The Labute approximate surface area is 278 Å². The Morgan fingerprint density at radius 3 is 2.27 bits per heavy atom. The highest BCUT2D eigenvalue weighted by atomic mass is 16.7. The lowest BCUT2D eigenvalue weighted by Gasteiger charge is -2.73. The summed E-state index contributed by atoms with van der Waals surface area (Å²) in [6.45, 7) is 10.8. The van der Waals surface area contributed by atoms with Gasteiger partial charge in [0.25, 0.3) is 0 Å². The molecule has 6 fully saturated rings. The van der Waals surface area contributed by atoms with Crippen molar-refractivity contribution in [2.24, 2.45) is 39.4 Å². The first-order valence-electron chi connectivity index (χ1n) is 16.9. The summed E-state index contributed by atoms with van der Waals surface area (Å²) in [6, 6.07) is 1.80. The number of hydrogen-bond acceptors (Lipinski definition) is 13. The van der Waals surface area contributed by atoms with Crippen LogP contribution in [0.25, 0.3) is 0 Å². The Balaban J connectivity index is 1.43. The molecular formula is C35H46O13. The molecule has 3 heterocycles. The van der Waals surface area contributed by atoms with E-state index < -0.39 is 112 Å². The summed E-state index contributed by atoms with van der Waals surface area (Å²) < 4.78 is 36.0. The number of hydrogen-bond donors (Lipinski definition) is 3. The van der Waals surface area contributed by atoms with E-state index in [2.05, 4.69) is 0 Å². The molecule has 13 heteroatoms. The molecule has 1 aromatic rings. The number of fused-ring (bicyclic) bond motifs is 1. The smallest absolute Gasteiger partial charge is 0.310 e. The van der Waals surface area contributed by atoms with Gasteiger partial charge in [-0.05, 0) is 43.7 Å². The molecule has 1 aromatic heterocycles. The van der Waals surface area contributed by atoms with Crippen LogP contribution in [0.15, 0.2) is 23.0 Å². The minimum Gasteiger partial charge on any atom is -0.472 e. The summed E-state index contributed by atoms with van der Waals surface area (Å²) in [5, 5.41) is 36.9. The third-order valence-corrected chi connectivity index (χ3v) is 13.8. The summed E-state index contributed by atoms with van der Waals surface area (Å²) in [4.78, 5) is 53.6. The fourth-order valence-corrected chi connectivity index (χ4v) is 11.6. The van der Waals surface area contributed by atoms with Gasteiger partial charge in [-0.25, -0.2) is 0 Å². The van der Waals surface area contributed by atoms with Crippen molar-refractivity contribution in [1.29, 1.82) is 0 Å². The van der Waals surface area contributed by atoms with Crippen molar-refractivity contribution < 1.29 is 62.6 Å². The molecule has 4 saturated carbocycles. The molecule has 0 amide bonds. The molecule has 0 radical (unpaired) electrons. The molecule has 2 aliphatic heterocycles. The van der Waals surface area contributed by atoms with E-state index in [-0.39, 0.29) is 18.9 Å². The van der Waals surface area contributed by atoms with Crippen LogP contribution in [0, 0.1) is 39.4 Å². The van der Waals surface area contributed by atoms with Crippen molar-refractivity contribution in [3.8, 4) is 0 Å². The van der Waals surface area contributed by atoms with Crippen molar-refractivity contribution in [3.63, 3.8) is 0 Å². The number of ketones is 1. The number of esters is 3. The molecule has 0 aromatic carbocycles. The highest BCUT2D eigenvalue weighted by molar-refractivity contribution is 5.91. The topological polar surface area (TPSA) is 192 Å². The van der Waals surface area contributed by atoms with Gasteiger partial charge >= 0.3 is 17.9 Å². The molecule has 4 aliphatic carbocycles. The van der Waals surface area contributed by atoms with Gasteiger partial charge < -0.3 is 43.4 Å². The van der Waals surface area contributed by atoms with E-state index in [0.29, 0.717) is 12.8 Å². The third kappa shape index (κ3) is 3.74. The number of Topliss-reactive ketones (excluding diaryl/α,β-unsaturated/α-hetero) is 1. The van der Waals surface area contributed by atoms with E-state index in [4.69, 9.17) is 28.1 Å². The normalized spacial score (nSPS) is 50.6. The number of carbonyl (C=O) groups excluding carboxylic acids is 4. The third-order valence-electron chi connectivity index (χ3n) is 13.8. The van der Waals surface area contributed by atoms with Crippen molar-refractivity contribution in [3.05, 3.63) is 24.2 Å². The molecule has 1 unspecified atom stereocenters. The quantitative estimate of drug-likeness (QED) is 0.226. The van der Waals surface area contributed by atoms with Crippen LogP contribution in [0.1, 0.15) is 79.2 Å². The van der Waals surface area contributed by atoms with Gasteiger partial charge in [-0.1, -0.05) is 27.7 Å². The Bertz CT molecular complexity index is 1530. The average molecular weight is 675 g/mol. The lowest BCUT2D eigenvalue weighted by atomic mass is 9.33. The first-order valence-corrected chi connectivity index (χ1v) is 16.9. The molecule has 2 saturated heterocycles. The second-order valence-corrected chi connectivity index (χ2v) is 15.7. The van der Waals surface area contributed by atoms with Gasteiger partial charge in [0.2, 0.25) is 6.29 Å². The van der Waals surface area contributed by atoms with Crippen LogP contribution in [-0.4, -0.2) is 94.1 Å². The lowest BCUT2D eigenvalue weighted by Crippen LogP contribution is -2.84. The number of carbonyl (C=O) groups is 4. The van der Waals surface area contributed by atoms with Gasteiger partial charge in [0.1, 0.15) is 30.0 Å². The summed E-state index contributed by atoms with van der Waals surface area (Å²) in [6.07, 6.45) is -5.14. The van der Waals surface area contributed by atoms with Crippen LogP contribution in [0.3, 0.4) is 0 Å². The molecule has 7 rings (SSSR count). The molecule has 6 aliphatic rings. The highest BCUT2D eigenvalue weighted by Gasteiger charge is 2.92. The van der Waals surface area contributed by atoms with Gasteiger partial charge in [0, 0.05) is 41.9 Å². The Morgan fingerprint density at radius 2 is 1.67 bits per heavy atom. The summed E-state index contributed by atoms with van der Waals surface area (Å²) in [7, 11) is 0. The van der Waals surface area contributed by atoms with E-state index in [9.17, 15) is 29.7 Å². The summed E-state index contributed by atoms with van der Waals surface area (Å²) in [5.41, 5.74) is -6.03. The maximum atomic E-state index is 15.1. The fourth-order valence-electron chi connectivity index (χ4n) is 11.6. The van der Waals surface area contributed by atoms with E-state index in [0.717, 1.165) is 12.5 Å². The standard InChI is InChI=1S/C35H46O13/c1-8-15(2)29(42)47-30-31(5)20-12-21(38)33(7)25(34(20,14-44-30)28(46-17(4)37)24(40)27(31)45-16(3)36)23(39)26(41)32(6)19(18-9-10-43-13-18)11-22-35(32,33)48-22/h9-10,13,15,19-22,24-28,30,38,40-41H,8,11-12,14H2,1-7H3/t15?,19-,20-,21+,22+,24-,25-,26-,27+,28-,30-,31+,32+,33+,34-,35+/m0/s1. The zero-order valence-electron chi connectivity index (χ0n) is 28.3.